The second-order valence-electron chi connectivity index (χ2n) is 3.83. The number of rotatable bonds is 4. The van der Waals surface area contributed by atoms with Gasteiger partial charge in [0.05, 0.1) is 24.0 Å². The highest BCUT2D eigenvalue weighted by Crippen LogP contribution is 2.24. The Morgan fingerprint density at radius 1 is 1.44 bits per heavy atom. The first-order valence-corrected chi connectivity index (χ1v) is 5.96. The molecule has 0 atom stereocenters. The van der Waals surface area contributed by atoms with Crippen molar-refractivity contribution in [3.05, 3.63) is 46.0 Å². The predicted molar refractivity (Wildman–Crippen MR) is 67.5 cm³/mol. The van der Waals surface area contributed by atoms with Gasteiger partial charge in [-0.2, -0.15) is 0 Å². The maximum absolute atomic E-state index is 10.6. The van der Waals surface area contributed by atoms with Crippen molar-refractivity contribution in [3.8, 4) is 0 Å². The molecular formula is C12H12ClNO4. The van der Waals surface area contributed by atoms with Crippen LogP contribution in [0.15, 0.2) is 30.3 Å². The number of nitrogens with zero attached hydrogens (tertiary/aromatic N) is 1. The number of benzene rings is 1. The third-order valence-corrected chi connectivity index (χ3v) is 2.95. The minimum Gasteiger partial charge on any atom is -0.343 e. The Balaban J connectivity index is 2.17. The van der Waals surface area contributed by atoms with Crippen LogP contribution in [0.2, 0.25) is 0 Å². The van der Waals surface area contributed by atoms with E-state index in [0.717, 1.165) is 0 Å². The molecular weight excluding hydrogens is 258 g/mol. The van der Waals surface area contributed by atoms with Gasteiger partial charge in [0.1, 0.15) is 0 Å². The minimum atomic E-state index is -0.911. The van der Waals surface area contributed by atoms with E-state index >= 15 is 0 Å². The van der Waals surface area contributed by atoms with Gasteiger partial charge in [-0.3, -0.25) is 10.1 Å². The molecule has 0 spiro atoms. The van der Waals surface area contributed by atoms with Crippen molar-refractivity contribution in [2.45, 2.75) is 5.79 Å². The summed E-state index contributed by atoms with van der Waals surface area (Å²) in [7, 11) is 0. The van der Waals surface area contributed by atoms with Crippen molar-refractivity contribution in [1.82, 2.24) is 0 Å². The van der Waals surface area contributed by atoms with Crippen LogP contribution in [0.3, 0.4) is 0 Å². The molecule has 96 valence electrons. The topological polar surface area (TPSA) is 61.6 Å². The molecule has 2 rings (SSSR count). The highest BCUT2D eigenvalue weighted by atomic mass is 35.5. The molecule has 0 aliphatic carbocycles. The lowest BCUT2D eigenvalue weighted by atomic mass is 10.1. The van der Waals surface area contributed by atoms with Crippen LogP contribution in [-0.2, 0) is 9.47 Å². The summed E-state index contributed by atoms with van der Waals surface area (Å²) < 4.78 is 10.8. The van der Waals surface area contributed by atoms with Crippen LogP contribution < -0.4 is 0 Å². The summed E-state index contributed by atoms with van der Waals surface area (Å²) in [5.74, 6) is -0.732. The van der Waals surface area contributed by atoms with Crippen LogP contribution in [0, 0.1) is 10.1 Å². The molecule has 6 heteroatoms. The van der Waals surface area contributed by atoms with Crippen molar-refractivity contribution in [1.29, 1.82) is 0 Å². The van der Waals surface area contributed by atoms with E-state index in [9.17, 15) is 10.1 Å². The third-order valence-electron chi connectivity index (χ3n) is 2.57. The van der Waals surface area contributed by atoms with Crippen molar-refractivity contribution >= 4 is 23.4 Å². The van der Waals surface area contributed by atoms with Gasteiger partial charge < -0.3 is 9.47 Å². The molecule has 1 saturated heterocycles. The Labute approximate surface area is 109 Å². The second kappa shape index (κ2) is 5.48. The SMILES string of the molecule is O=[N+]([O-])c1cccc(C=CC2(CCl)OCCO2)c1. The van der Waals surface area contributed by atoms with E-state index in [1.54, 1.807) is 24.3 Å². The van der Waals surface area contributed by atoms with Crippen LogP contribution in [0.25, 0.3) is 6.08 Å². The highest BCUT2D eigenvalue weighted by Gasteiger charge is 2.32. The molecule has 1 aliphatic heterocycles. The van der Waals surface area contributed by atoms with Crippen LogP contribution >= 0.6 is 11.6 Å². The number of nitro groups is 1. The summed E-state index contributed by atoms with van der Waals surface area (Å²) >= 11 is 5.80. The Hall–Kier alpha value is -1.43. The van der Waals surface area contributed by atoms with Gasteiger partial charge >= 0.3 is 0 Å². The lowest BCUT2D eigenvalue weighted by Gasteiger charge is -2.20. The summed E-state index contributed by atoms with van der Waals surface area (Å²) in [5.41, 5.74) is 0.748. The molecule has 0 saturated carbocycles. The van der Waals surface area contributed by atoms with E-state index in [-0.39, 0.29) is 11.6 Å². The number of nitro benzene ring substituents is 1. The van der Waals surface area contributed by atoms with Crippen molar-refractivity contribution < 1.29 is 14.4 Å². The maximum Gasteiger partial charge on any atom is 0.270 e. The molecule has 0 radical (unpaired) electrons. The fourth-order valence-electron chi connectivity index (χ4n) is 1.65. The number of alkyl halides is 1. The first-order chi connectivity index (χ1) is 8.65. The van der Waals surface area contributed by atoms with E-state index in [0.29, 0.717) is 18.8 Å². The number of hydrogen-bond acceptors (Lipinski definition) is 4. The number of hydrogen-bond donors (Lipinski definition) is 0. The lowest BCUT2D eigenvalue weighted by Crippen LogP contribution is -2.29. The van der Waals surface area contributed by atoms with Gasteiger partial charge in [0.25, 0.3) is 5.69 Å². The quantitative estimate of drug-likeness (QED) is 0.479. The Morgan fingerprint density at radius 3 is 2.78 bits per heavy atom. The summed E-state index contributed by atoms with van der Waals surface area (Å²) in [6.07, 6.45) is 3.40. The zero-order valence-electron chi connectivity index (χ0n) is 9.54. The molecule has 0 N–H and O–H groups in total. The average molecular weight is 270 g/mol. The molecule has 5 nitrogen and oxygen atoms in total. The summed E-state index contributed by atoms with van der Waals surface area (Å²) in [6, 6.07) is 6.31. The van der Waals surface area contributed by atoms with E-state index in [4.69, 9.17) is 21.1 Å². The molecule has 1 aromatic rings. The first kappa shape index (κ1) is 13.0. The standard InChI is InChI=1S/C12H12ClNO4/c13-9-12(17-6-7-18-12)5-4-10-2-1-3-11(8-10)14(15)16/h1-5,8H,6-7,9H2. The molecule has 0 unspecified atom stereocenters. The Bertz CT molecular complexity index is 469. The van der Waals surface area contributed by atoms with Crippen LogP contribution in [-0.4, -0.2) is 29.8 Å². The van der Waals surface area contributed by atoms with Gasteiger partial charge in [-0.05, 0) is 11.6 Å². The molecule has 1 heterocycles. The first-order valence-electron chi connectivity index (χ1n) is 5.43. The fourth-order valence-corrected chi connectivity index (χ4v) is 1.90. The molecule has 0 amide bonds. The highest BCUT2D eigenvalue weighted by molar-refractivity contribution is 6.18. The average Bonchev–Trinajstić information content (AvgIpc) is 2.86. The van der Waals surface area contributed by atoms with E-state index < -0.39 is 10.7 Å². The number of ether oxygens (including phenoxy) is 2. The minimum absolute atomic E-state index is 0.0466. The normalized spacial score (nSPS) is 18.3. The van der Waals surface area contributed by atoms with Gasteiger partial charge in [0, 0.05) is 12.1 Å². The summed E-state index contributed by atoms with van der Waals surface area (Å²) in [6.45, 7) is 0.984. The monoisotopic (exact) mass is 269 g/mol. The largest absolute Gasteiger partial charge is 0.343 e. The Morgan fingerprint density at radius 2 is 2.17 bits per heavy atom. The van der Waals surface area contributed by atoms with Gasteiger partial charge in [-0.1, -0.05) is 18.2 Å². The summed E-state index contributed by atoms with van der Waals surface area (Å²) in [4.78, 5) is 10.2. The zero-order valence-corrected chi connectivity index (χ0v) is 10.3. The maximum atomic E-state index is 10.6. The lowest BCUT2D eigenvalue weighted by molar-refractivity contribution is -0.384. The molecule has 0 aromatic heterocycles. The number of non-ortho nitro benzene ring substituents is 1. The second-order valence-corrected chi connectivity index (χ2v) is 4.10. The molecule has 1 aromatic carbocycles. The molecule has 1 aliphatic rings. The molecule has 0 bridgehead atoms. The summed E-state index contributed by atoms with van der Waals surface area (Å²) in [5, 5.41) is 10.6. The smallest absolute Gasteiger partial charge is 0.270 e. The van der Waals surface area contributed by atoms with Crippen LogP contribution in [0.4, 0.5) is 5.69 Å². The van der Waals surface area contributed by atoms with Gasteiger partial charge in [-0.15, -0.1) is 11.6 Å². The van der Waals surface area contributed by atoms with Gasteiger partial charge in [0.15, 0.2) is 0 Å². The van der Waals surface area contributed by atoms with Gasteiger partial charge in [0.2, 0.25) is 5.79 Å². The number of halogens is 1. The van der Waals surface area contributed by atoms with Gasteiger partial charge in [-0.25, -0.2) is 0 Å². The van der Waals surface area contributed by atoms with Crippen molar-refractivity contribution in [2.24, 2.45) is 0 Å². The van der Waals surface area contributed by atoms with E-state index in [2.05, 4.69) is 0 Å². The van der Waals surface area contributed by atoms with E-state index in [1.807, 2.05) is 0 Å². The predicted octanol–water partition coefficient (Wildman–Crippen LogP) is 2.59. The Kier molecular flexibility index (Phi) is 3.96. The molecule has 18 heavy (non-hydrogen) atoms. The third kappa shape index (κ3) is 2.87. The molecule has 1 fully saturated rings. The van der Waals surface area contributed by atoms with Crippen LogP contribution in [0.1, 0.15) is 5.56 Å². The fraction of sp³-hybridized carbons (Fsp3) is 0.333. The zero-order chi connectivity index (χ0) is 13.0. The van der Waals surface area contributed by atoms with Crippen molar-refractivity contribution in [2.75, 3.05) is 19.1 Å². The van der Waals surface area contributed by atoms with Crippen molar-refractivity contribution in [3.63, 3.8) is 0 Å². The van der Waals surface area contributed by atoms with E-state index in [1.165, 1.54) is 12.1 Å². The van der Waals surface area contributed by atoms with Crippen LogP contribution in [0.5, 0.6) is 0 Å².